The summed E-state index contributed by atoms with van der Waals surface area (Å²) in [5, 5.41) is 0.609. The number of aryl methyl sites for hydroxylation is 1. The van der Waals surface area contributed by atoms with Gasteiger partial charge in [0.2, 0.25) is 0 Å². The molecule has 0 atom stereocenters. The molecular weight excluding hydrogens is 374 g/mol. The Balaban J connectivity index is 1.41. The minimum atomic E-state index is -0.0692. The summed E-state index contributed by atoms with van der Waals surface area (Å²) in [7, 11) is 5.07. The fraction of sp³-hybridized carbons (Fsp3) is 0.400. The van der Waals surface area contributed by atoms with Crippen LogP contribution in [0.4, 0.5) is 0 Å². The van der Waals surface area contributed by atoms with Crippen LogP contribution in [0.25, 0.3) is 10.9 Å². The van der Waals surface area contributed by atoms with E-state index in [0.717, 1.165) is 5.52 Å². The Bertz CT molecular complexity index is 1090. The van der Waals surface area contributed by atoms with Gasteiger partial charge in [-0.25, -0.2) is 0 Å². The van der Waals surface area contributed by atoms with Crippen molar-refractivity contribution in [3.63, 3.8) is 0 Å². The lowest BCUT2D eigenvalue weighted by molar-refractivity contribution is 0.0578. The third kappa shape index (κ3) is 3.55. The van der Waals surface area contributed by atoms with Gasteiger partial charge in [0.1, 0.15) is 6.10 Å². The van der Waals surface area contributed by atoms with Crippen molar-refractivity contribution in [3.8, 4) is 11.8 Å². The van der Waals surface area contributed by atoms with Crippen molar-refractivity contribution in [2.24, 2.45) is 14.1 Å². The molecule has 29 heavy (non-hydrogen) atoms. The fourth-order valence-electron chi connectivity index (χ4n) is 3.56. The van der Waals surface area contributed by atoms with E-state index in [0.29, 0.717) is 48.6 Å². The number of hydrogen-bond acceptors (Lipinski definition) is 6. The van der Waals surface area contributed by atoms with E-state index < -0.39 is 0 Å². The molecule has 0 radical (unpaired) electrons. The molecule has 0 spiro atoms. The van der Waals surface area contributed by atoms with E-state index >= 15 is 0 Å². The SMILES string of the molecule is COc1cnc(OC2CCN(C(=O)c3ccc4c(=O)n(C)n(C)c4c3)CC2)nc1. The fourth-order valence-corrected chi connectivity index (χ4v) is 3.56. The maximum absolute atomic E-state index is 12.9. The first-order chi connectivity index (χ1) is 14.0. The summed E-state index contributed by atoms with van der Waals surface area (Å²) in [5.41, 5.74) is 1.26. The quantitative estimate of drug-likeness (QED) is 0.660. The molecule has 1 saturated heterocycles. The molecule has 1 aliphatic rings. The highest BCUT2D eigenvalue weighted by Gasteiger charge is 2.26. The summed E-state index contributed by atoms with van der Waals surface area (Å²) < 4.78 is 14.1. The predicted molar refractivity (Wildman–Crippen MR) is 106 cm³/mol. The summed E-state index contributed by atoms with van der Waals surface area (Å²) in [4.78, 5) is 35.2. The Morgan fingerprint density at radius 2 is 1.79 bits per heavy atom. The first-order valence-electron chi connectivity index (χ1n) is 9.45. The Kier molecular flexibility index (Phi) is 4.96. The largest absolute Gasteiger partial charge is 0.494 e. The molecule has 152 valence electrons. The van der Waals surface area contributed by atoms with Crippen LogP contribution in [-0.2, 0) is 14.1 Å². The molecule has 3 heterocycles. The van der Waals surface area contributed by atoms with E-state index in [2.05, 4.69) is 9.97 Å². The van der Waals surface area contributed by atoms with Crippen LogP contribution in [0.1, 0.15) is 23.2 Å². The minimum Gasteiger partial charge on any atom is -0.494 e. The Labute approximate surface area is 167 Å². The van der Waals surface area contributed by atoms with Crippen LogP contribution in [-0.4, -0.2) is 56.4 Å². The van der Waals surface area contributed by atoms with Crippen molar-refractivity contribution in [1.82, 2.24) is 24.2 Å². The van der Waals surface area contributed by atoms with Crippen molar-refractivity contribution in [3.05, 3.63) is 46.5 Å². The van der Waals surface area contributed by atoms with E-state index in [1.807, 2.05) is 11.9 Å². The Morgan fingerprint density at radius 3 is 2.45 bits per heavy atom. The molecule has 0 N–H and O–H groups in total. The molecule has 1 aromatic carbocycles. The number of benzene rings is 1. The number of fused-ring (bicyclic) bond motifs is 1. The number of nitrogens with zero attached hydrogens (tertiary/aromatic N) is 5. The van der Waals surface area contributed by atoms with Gasteiger partial charge in [0.05, 0.1) is 30.4 Å². The highest BCUT2D eigenvalue weighted by atomic mass is 16.5. The molecule has 0 unspecified atom stereocenters. The molecule has 2 aromatic heterocycles. The van der Waals surface area contributed by atoms with Gasteiger partial charge in [0, 0.05) is 45.6 Å². The van der Waals surface area contributed by atoms with Crippen LogP contribution >= 0.6 is 0 Å². The molecule has 1 amide bonds. The number of amides is 1. The van der Waals surface area contributed by atoms with Crippen molar-refractivity contribution < 1.29 is 14.3 Å². The minimum absolute atomic E-state index is 0.0372. The van der Waals surface area contributed by atoms with E-state index in [1.54, 1.807) is 49.4 Å². The molecule has 1 fully saturated rings. The number of rotatable bonds is 4. The highest BCUT2D eigenvalue weighted by molar-refractivity contribution is 5.97. The van der Waals surface area contributed by atoms with Crippen LogP contribution in [0.3, 0.4) is 0 Å². The van der Waals surface area contributed by atoms with Crippen molar-refractivity contribution in [2.75, 3.05) is 20.2 Å². The number of likely N-dealkylation sites (tertiary alicyclic amines) is 1. The number of carbonyl (C=O) groups is 1. The zero-order valence-corrected chi connectivity index (χ0v) is 16.7. The standard InChI is InChI=1S/C20H23N5O4/c1-23-17-10-13(4-5-16(17)19(27)24(23)2)18(26)25-8-6-14(7-9-25)29-20-21-11-15(28-3)12-22-20/h4-5,10-12,14H,6-9H2,1-3H3. The summed E-state index contributed by atoms with van der Waals surface area (Å²) in [6, 6.07) is 5.54. The van der Waals surface area contributed by atoms with Crippen LogP contribution in [0.2, 0.25) is 0 Å². The first kappa shape index (κ1) is 19.0. The van der Waals surface area contributed by atoms with Gasteiger partial charge in [0.15, 0.2) is 5.75 Å². The van der Waals surface area contributed by atoms with Gasteiger partial charge < -0.3 is 14.4 Å². The number of carbonyl (C=O) groups excluding carboxylic acids is 1. The van der Waals surface area contributed by atoms with Crippen LogP contribution in [0.5, 0.6) is 11.8 Å². The molecule has 3 aromatic rings. The van der Waals surface area contributed by atoms with Crippen LogP contribution in [0.15, 0.2) is 35.4 Å². The molecule has 9 heteroatoms. The lowest BCUT2D eigenvalue weighted by Gasteiger charge is -2.31. The third-order valence-corrected chi connectivity index (χ3v) is 5.41. The van der Waals surface area contributed by atoms with Crippen molar-refractivity contribution >= 4 is 16.8 Å². The van der Waals surface area contributed by atoms with Gasteiger partial charge >= 0.3 is 6.01 Å². The van der Waals surface area contributed by atoms with Crippen LogP contribution < -0.4 is 15.0 Å². The molecular formula is C20H23N5O4. The summed E-state index contributed by atoms with van der Waals surface area (Å²) >= 11 is 0. The molecule has 9 nitrogen and oxygen atoms in total. The third-order valence-electron chi connectivity index (χ3n) is 5.41. The molecule has 0 aliphatic carbocycles. The summed E-state index contributed by atoms with van der Waals surface area (Å²) in [5.74, 6) is 0.535. The van der Waals surface area contributed by atoms with Crippen molar-refractivity contribution in [2.45, 2.75) is 18.9 Å². The number of methoxy groups -OCH3 is 1. The van der Waals surface area contributed by atoms with Gasteiger partial charge in [0.25, 0.3) is 11.5 Å². The Morgan fingerprint density at radius 1 is 1.10 bits per heavy atom. The summed E-state index contributed by atoms with van der Waals surface area (Å²) in [6.07, 6.45) is 4.49. The second-order valence-corrected chi connectivity index (χ2v) is 7.10. The topological polar surface area (TPSA) is 91.5 Å². The van der Waals surface area contributed by atoms with Gasteiger partial charge in [-0.2, -0.15) is 9.97 Å². The average molecular weight is 397 g/mol. The van der Waals surface area contributed by atoms with Gasteiger partial charge in [-0.05, 0) is 18.2 Å². The lowest BCUT2D eigenvalue weighted by atomic mass is 10.1. The average Bonchev–Trinajstić information content (AvgIpc) is 2.98. The molecule has 4 rings (SSSR count). The maximum Gasteiger partial charge on any atom is 0.316 e. The molecule has 0 bridgehead atoms. The van der Waals surface area contributed by atoms with E-state index in [1.165, 1.54) is 4.68 Å². The van der Waals surface area contributed by atoms with E-state index in [9.17, 15) is 9.59 Å². The first-order valence-corrected chi connectivity index (χ1v) is 9.45. The molecule has 1 aliphatic heterocycles. The zero-order valence-electron chi connectivity index (χ0n) is 16.7. The van der Waals surface area contributed by atoms with E-state index in [-0.39, 0.29) is 17.6 Å². The van der Waals surface area contributed by atoms with Crippen molar-refractivity contribution in [1.29, 1.82) is 0 Å². The second kappa shape index (κ2) is 7.57. The second-order valence-electron chi connectivity index (χ2n) is 7.10. The Hall–Kier alpha value is -3.36. The number of ether oxygens (including phenoxy) is 2. The van der Waals surface area contributed by atoms with Gasteiger partial charge in [-0.3, -0.25) is 19.0 Å². The summed E-state index contributed by atoms with van der Waals surface area (Å²) in [6.45, 7) is 1.18. The molecule has 0 saturated carbocycles. The van der Waals surface area contributed by atoms with Gasteiger partial charge in [-0.1, -0.05) is 0 Å². The zero-order chi connectivity index (χ0) is 20.5. The number of aromatic nitrogens is 4. The lowest BCUT2D eigenvalue weighted by Crippen LogP contribution is -2.41. The normalized spacial score (nSPS) is 14.9. The maximum atomic E-state index is 12.9. The van der Waals surface area contributed by atoms with Gasteiger partial charge in [-0.15, -0.1) is 0 Å². The van der Waals surface area contributed by atoms with E-state index in [4.69, 9.17) is 9.47 Å². The number of hydrogen-bond donors (Lipinski definition) is 0. The smallest absolute Gasteiger partial charge is 0.316 e. The predicted octanol–water partition coefficient (Wildman–Crippen LogP) is 1.36. The monoisotopic (exact) mass is 397 g/mol. The van der Waals surface area contributed by atoms with Crippen LogP contribution in [0, 0.1) is 0 Å². The number of piperidine rings is 1. The highest BCUT2D eigenvalue weighted by Crippen LogP contribution is 2.20.